The predicted molar refractivity (Wildman–Crippen MR) is 99.9 cm³/mol. The second-order valence-electron chi connectivity index (χ2n) is 6.48. The summed E-state index contributed by atoms with van der Waals surface area (Å²) >= 11 is 0. The monoisotopic (exact) mass is 382 g/mol. The van der Waals surface area contributed by atoms with Crippen molar-refractivity contribution in [2.75, 3.05) is 23.4 Å². The number of para-hydroxylation sites is 1. The molecule has 7 nitrogen and oxygen atoms in total. The number of unbranched alkanes of at least 4 members (excludes halogenated alkanes) is 1. The molecule has 0 radical (unpaired) electrons. The van der Waals surface area contributed by atoms with Crippen molar-refractivity contribution in [2.24, 2.45) is 0 Å². The van der Waals surface area contributed by atoms with Crippen LogP contribution in [0.4, 0.5) is 5.69 Å². The number of ether oxygens (including phenoxy) is 1. The zero-order valence-corrected chi connectivity index (χ0v) is 16.0. The summed E-state index contributed by atoms with van der Waals surface area (Å²) in [6.45, 7) is 4.30. The Bertz CT molecular complexity index is 748. The zero-order chi connectivity index (χ0) is 19.2. The van der Waals surface area contributed by atoms with Gasteiger partial charge in [-0.15, -0.1) is 0 Å². The summed E-state index contributed by atoms with van der Waals surface area (Å²) < 4.78 is 28.2. The topological polar surface area (TPSA) is 102 Å². The minimum absolute atomic E-state index is 0.0659. The van der Waals surface area contributed by atoms with Crippen LogP contribution in [0, 0.1) is 0 Å². The number of nitrogens with one attached hydrogen (secondary N) is 2. The quantitative estimate of drug-likeness (QED) is 0.525. The van der Waals surface area contributed by atoms with Crippen LogP contribution in [0.1, 0.15) is 43.5 Å². The van der Waals surface area contributed by atoms with E-state index in [1.165, 1.54) is 6.92 Å². The summed E-state index contributed by atoms with van der Waals surface area (Å²) in [6.07, 6.45) is 1.40. The molecule has 0 aliphatic carbocycles. The molecule has 2 N–H and O–H groups in total. The van der Waals surface area contributed by atoms with Crippen molar-refractivity contribution in [3.05, 3.63) is 29.8 Å². The van der Waals surface area contributed by atoms with E-state index >= 15 is 0 Å². The first-order valence-electron chi connectivity index (χ1n) is 8.87. The number of esters is 1. The Morgan fingerprint density at radius 3 is 2.69 bits per heavy atom. The van der Waals surface area contributed by atoms with Crippen molar-refractivity contribution in [1.82, 2.24) is 5.32 Å². The summed E-state index contributed by atoms with van der Waals surface area (Å²) in [6, 6.07) is 6.57. The Hall–Kier alpha value is -2.09. The maximum absolute atomic E-state index is 12.4. The lowest BCUT2D eigenvalue weighted by atomic mass is 10.1. The number of anilines is 1. The second-order valence-corrected chi connectivity index (χ2v) is 8.71. The molecular weight excluding hydrogens is 356 g/mol. The Labute approximate surface area is 154 Å². The van der Waals surface area contributed by atoms with E-state index in [1.54, 1.807) is 18.2 Å². The molecule has 1 saturated heterocycles. The average molecular weight is 382 g/mol. The molecule has 0 saturated carbocycles. The van der Waals surface area contributed by atoms with Crippen molar-refractivity contribution >= 4 is 27.4 Å². The van der Waals surface area contributed by atoms with Gasteiger partial charge in [-0.3, -0.25) is 4.79 Å². The fourth-order valence-electron chi connectivity index (χ4n) is 2.72. The predicted octanol–water partition coefficient (Wildman–Crippen LogP) is 1.75. The van der Waals surface area contributed by atoms with E-state index in [-0.39, 0.29) is 11.5 Å². The number of rotatable bonds is 8. The highest BCUT2D eigenvalue weighted by Crippen LogP contribution is 2.17. The molecule has 1 aromatic carbocycles. The van der Waals surface area contributed by atoms with E-state index in [0.29, 0.717) is 17.7 Å². The zero-order valence-electron chi connectivity index (χ0n) is 15.2. The van der Waals surface area contributed by atoms with E-state index in [2.05, 4.69) is 17.6 Å². The molecule has 1 aliphatic heterocycles. The van der Waals surface area contributed by atoms with Crippen LogP contribution in [0.25, 0.3) is 0 Å². The van der Waals surface area contributed by atoms with Crippen molar-refractivity contribution < 1.29 is 22.7 Å². The van der Waals surface area contributed by atoms with Gasteiger partial charge in [0.25, 0.3) is 5.91 Å². The van der Waals surface area contributed by atoms with Gasteiger partial charge < -0.3 is 15.4 Å². The van der Waals surface area contributed by atoms with E-state index in [9.17, 15) is 18.0 Å². The van der Waals surface area contributed by atoms with Gasteiger partial charge in [-0.05, 0) is 31.9 Å². The summed E-state index contributed by atoms with van der Waals surface area (Å²) in [5, 5.41) is 5.83. The Balaban J connectivity index is 1.93. The van der Waals surface area contributed by atoms with Gasteiger partial charge in [-0.1, -0.05) is 25.5 Å². The summed E-state index contributed by atoms with van der Waals surface area (Å²) in [5.41, 5.74) is 1.03. The van der Waals surface area contributed by atoms with Crippen molar-refractivity contribution in [3.63, 3.8) is 0 Å². The van der Waals surface area contributed by atoms with Gasteiger partial charge in [0, 0.05) is 18.3 Å². The van der Waals surface area contributed by atoms with E-state index < -0.39 is 33.9 Å². The molecule has 26 heavy (non-hydrogen) atoms. The van der Waals surface area contributed by atoms with Gasteiger partial charge in [0.1, 0.15) is 0 Å². The number of carbonyl (C=O) groups excluding carboxylic acids is 2. The van der Waals surface area contributed by atoms with E-state index in [1.807, 2.05) is 6.07 Å². The third-order valence-corrected chi connectivity index (χ3v) is 5.99. The fourth-order valence-corrected chi connectivity index (χ4v) is 4.39. The minimum Gasteiger partial charge on any atom is -0.449 e. The highest BCUT2D eigenvalue weighted by Gasteiger charge is 2.31. The second kappa shape index (κ2) is 9.02. The summed E-state index contributed by atoms with van der Waals surface area (Å²) in [4.78, 5) is 24.6. The Kier molecular flexibility index (Phi) is 7.02. The molecule has 1 aliphatic rings. The smallest absolute Gasteiger partial charge is 0.341 e. The molecule has 2 rings (SSSR count). The highest BCUT2D eigenvalue weighted by molar-refractivity contribution is 7.91. The van der Waals surface area contributed by atoms with Crippen molar-refractivity contribution in [1.29, 1.82) is 0 Å². The first-order chi connectivity index (χ1) is 12.3. The lowest BCUT2D eigenvalue weighted by Gasteiger charge is -2.17. The van der Waals surface area contributed by atoms with Crippen LogP contribution in [0.5, 0.6) is 0 Å². The summed E-state index contributed by atoms with van der Waals surface area (Å²) in [5.74, 6) is -1.07. The maximum atomic E-state index is 12.4. The van der Waals surface area contributed by atoms with Crippen LogP contribution < -0.4 is 10.6 Å². The Morgan fingerprint density at radius 1 is 1.31 bits per heavy atom. The number of carbonyl (C=O) groups is 2. The van der Waals surface area contributed by atoms with Gasteiger partial charge >= 0.3 is 5.97 Å². The average Bonchev–Trinajstić information content (AvgIpc) is 2.94. The lowest BCUT2D eigenvalue weighted by Crippen LogP contribution is -2.42. The third-order valence-electron chi connectivity index (χ3n) is 4.22. The molecule has 1 heterocycles. The molecule has 0 spiro atoms. The molecule has 1 amide bonds. The van der Waals surface area contributed by atoms with Gasteiger partial charge in [0.2, 0.25) is 0 Å². The standard InChI is InChI=1S/C18H26N2O5S/c1-3-4-10-19-16-8-6-5-7-15(16)18(22)25-13(2)17(21)20-14-9-11-26(23,24)12-14/h5-8,13-14,19H,3-4,9-12H2,1-2H3,(H,20,21)/t13-,14-/m0/s1. The number of benzene rings is 1. The molecular formula is C18H26N2O5S. The molecule has 0 aromatic heterocycles. The highest BCUT2D eigenvalue weighted by atomic mass is 32.2. The fraction of sp³-hybridized carbons (Fsp3) is 0.556. The SMILES string of the molecule is CCCCNc1ccccc1C(=O)O[C@@H](C)C(=O)N[C@H]1CCS(=O)(=O)C1. The third kappa shape index (κ3) is 5.72. The van der Waals surface area contributed by atoms with Gasteiger partial charge in [-0.2, -0.15) is 0 Å². The van der Waals surface area contributed by atoms with Crippen LogP contribution in [0.15, 0.2) is 24.3 Å². The number of amides is 1. The van der Waals surface area contributed by atoms with Crippen LogP contribution in [0.2, 0.25) is 0 Å². The molecule has 1 aromatic rings. The lowest BCUT2D eigenvalue weighted by molar-refractivity contribution is -0.129. The normalized spacial score (nSPS) is 19.5. The first kappa shape index (κ1) is 20.2. The largest absolute Gasteiger partial charge is 0.449 e. The van der Waals surface area contributed by atoms with Crippen molar-refractivity contribution in [3.8, 4) is 0 Å². The van der Waals surface area contributed by atoms with Crippen LogP contribution in [-0.4, -0.2) is 50.5 Å². The molecule has 144 valence electrons. The van der Waals surface area contributed by atoms with E-state index in [4.69, 9.17) is 4.74 Å². The molecule has 2 atom stereocenters. The summed E-state index contributed by atoms with van der Waals surface area (Å²) in [7, 11) is -3.08. The van der Waals surface area contributed by atoms with Gasteiger partial charge in [-0.25, -0.2) is 13.2 Å². The number of hydrogen-bond donors (Lipinski definition) is 2. The molecule has 1 fully saturated rings. The van der Waals surface area contributed by atoms with E-state index in [0.717, 1.165) is 19.4 Å². The van der Waals surface area contributed by atoms with Crippen LogP contribution >= 0.6 is 0 Å². The first-order valence-corrected chi connectivity index (χ1v) is 10.7. The van der Waals surface area contributed by atoms with Crippen LogP contribution in [-0.2, 0) is 19.4 Å². The molecule has 0 unspecified atom stereocenters. The molecule has 8 heteroatoms. The maximum Gasteiger partial charge on any atom is 0.341 e. The minimum atomic E-state index is -3.08. The van der Waals surface area contributed by atoms with Gasteiger partial charge in [0.05, 0.1) is 17.1 Å². The number of sulfone groups is 1. The molecule has 0 bridgehead atoms. The number of hydrogen-bond acceptors (Lipinski definition) is 6. The van der Waals surface area contributed by atoms with Crippen LogP contribution in [0.3, 0.4) is 0 Å². The van der Waals surface area contributed by atoms with Crippen molar-refractivity contribution in [2.45, 2.75) is 45.3 Å². The van der Waals surface area contributed by atoms with Gasteiger partial charge in [0.15, 0.2) is 15.9 Å². The Morgan fingerprint density at radius 2 is 2.04 bits per heavy atom.